The third-order valence-corrected chi connectivity index (χ3v) is 3.81. The third-order valence-electron chi connectivity index (χ3n) is 3.81. The Bertz CT molecular complexity index is 556. The molecule has 0 amide bonds. The Labute approximate surface area is 121 Å². The van der Waals surface area contributed by atoms with Gasteiger partial charge in [0.05, 0.1) is 7.11 Å². The van der Waals surface area contributed by atoms with Gasteiger partial charge in [-0.2, -0.15) is 0 Å². The molecule has 0 fully saturated rings. The molecular weight excluding hydrogens is 246 g/mol. The highest BCUT2D eigenvalue weighted by Crippen LogP contribution is 2.28. The lowest BCUT2D eigenvalue weighted by Crippen LogP contribution is -2.14. The first-order chi connectivity index (χ1) is 9.69. The lowest BCUT2D eigenvalue weighted by atomic mass is 9.97. The maximum absolute atomic E-state index is 5.26. The van der Waals surface area contributed by atoms with Crippen molar-refractivity contribution in [2.75, 3.05) is 14.2 Å². The smallest absolute Gasteiger partial charge is 0.119 e. The summed E-state index contributed by atoms with van der Waals surface area (Å²) in [7, 11) is 3.71. The molecule has 0 radical (unpaired) electrons. The number of rotatable bonds is 5. The van der Waals surface area contributed by atoms with E-state index in [-0.39, 0.29) is 0 Å². The van der Waals surface area contributed by atoms with Crippen LogP contribution in [0, 0.1) is 6.92 Å². The van der Waals surface area contributed by atoms with Crippen molar-refractivity contribution in [2.24, 2.45) is 0 Å². The van der Waals surface area contributed by atoms with E-state index in [4.69, 9.17) is 4.74 Å². The normalized spacial score (nSPS) is 12.2. The molecular formula is C18H23NO. The van der Waals surface area contributed by atoms with Gasteiger partial charge in [0.2, 0.25) is 0 Å². The molecule has 1 atom stereocenters. The van der Waals surface area contributed by atoms with Gasteiger partial charge in [0.15, 0.2) is 0 Å². The van der Waals surface area contributed by atoms with Crippen LogP contribution in [0.15, 0.2) is 42.5 Å². The molecule has 2 aromatic rings. The molecule has 20 heavy (non-hydrogen) atoms. The Morgan fingerprint density at radius 1 is 1.10 bits per heavy atom. The minimum absolute atomic E-state index is 0.431. The second-order valence-corrected chi connectivity index (χ2v) is 5.05. The average Bonchev–Trinajstić information content (AvgIpc) is 2.49. The van der Waals surface area contributed by atoms with Gasteiger partial charge in [0.1, 0.15) is 5.75 Å². The molecule has 0 heterocycles. The van der Waals surface area contributed by atoms with E-state index in [1.165, 1.54) is 22.3 Å². The van der Waals surface area contributed by atoms with Crippen molar-refractivity contribution in [3.05, 3.63) is 53.6 Å². The average molecular weight is 269 g/mol. The van der Waals surface area contributed by atoms with E-state index in [1.807, 2.05) is 13.1 Å². The molecule has 2 nitrogen and oxygen atoms in total. The summed E-state index contributed by atoms with van der Waals surface area (Å²) >= 11 is 0. The van der Waals surface area contributed by atoms with Crippen molar-refractivity contribution in [3.63, 3.8) is 0 Å². The lowest BCUT2D eigenvalue weighted by Gasteiger charge is -2.15. The van der Waals surface area contributed by atoms with Crippen LogP contribution in [-0.4, -0.2) is 14.2 Å². The quantitative estimate of drug-likeness (QED) is 0.871. The van der Waals surface area contributed by atoms with E-state index >= 15 is 0 Å². The van der Waals surface area contributed by atoms with Crippen LogP contribution in [0.3, 0.4) is 0 Å². The molecule has 1 N–H and O–H groups in total. The first kappa shape index (κ1) is 14.6. The largest absolute Gasteiger partial charge is 0.497 e. The van der Waals surface area contributed by atoms with E-state index < -0.39 is 0 Å². The van der Waals surface area contributed by atoms with E-state index in [2.05, 4.69) is 55.6 Å². The van der Waals surface area contributed by atoms with Crippen molar-refractivity contribution in [3.8, 4) is 16.9 Å². The standard InChI is InChI=1S/C18H23NO/c1-5-18(19-3)15-8-6-14(7-9-15)17-11-10-16(20-4)12-13(17)2/h6-12,18-19H,5H2,1-4H3. The summed E-state index contributed by atoms with van der Waals surface area (Å²) in [5, 5.41) is 3.34. The summed E-state index contributed by atoms with van der Waals surface area (Å²) in [5.74, 6) is 0.907. The van der Waals surface area contributed by atoms with Crippen LogP contribution in [0.5, 0.6) is 5.75 Å². The Morgan fingerprint density at radius 2 is 1.80 bits per heavy atom. The van der Waals surface area contributed by atoms with E-state index in [0.29, 0.717) is 6.04 Å². The molecule has 0 aromatic heterocycles. The predicted molar refractivity (Wildman–Crippen MR) is 85.3 cm³/mol. The number of ether oxygens (including phenoxy) is 1. The molecule has 0 saturated heterocycles. The number of hydrogen-bond acceptors (Lipinski definition) is 2. The molecule has 0 spiro atoms. The molecule has 2 rings (SSSR count). The fourth-order valence-corrected chi connectivity index (χ4v) is 2.59. The van der Waals surface area contributed by atoms with Gasteiger partial charge in [-0.1, -0.05) is 37.3 Å². The minimum Gasteiger partial charge on any atom is -0.497 e. The Balaban J connectivity index is 2.30. The Kier molecular flexibility index (Phi) is 4.80. The lowest BCUT2D eigenvalue weighted by molar-refractivity contribution is 0.414. The number of hydrogen-bond donors (Lipinski definition) is 1. The number of aryl methyl sites for hydroxylation is 1. The topological polar surface area (TPSA) is 21.3 Å². The summed E-state index contributed by atoms with van der Waals surface area (Å²) in [4.78, 5) is 0. The van der Waals surface area contributed by atoms with Crippen molar-refractivity contribution in [1.29, 1.82) is 0 Å². The first-order valence-electron chi connectivity index (χ1n) is 7.11. The summed E-state index contributed by atoms with van der Waals surface area (Å²) in [5.41, 5.74) is 5.08. The van der Waals surface area contributed by atoms with Crippen molar-refractivity contribution < 1.29 is 4.74 Å². The molecule has 0 aliphatic carbocycles. The van der Waals surface area contributed by atoms with Gasteiger partial charge in [-0.25, -0.2) is 0 Å². The second kappa shape index (κ2) is 6.58. The van der Waals surface area contributed by atoms with E-state index in [0.717, 1.165) is 12.2 Å². The van der Waals surface area contributed by atoms with Crippen LogP contribution in [0.2, 0.25) is 0 Å². The minimum atomic E-state index is 0.431. The van der Waals surface area contributed by atoms with E-state index in [1.54, 1.807) is 7.11 Å². The molecule has 2 heteroatoms. The van der Waals surface area contributed by atoms with Gasteiger partial charge in [-0.05, 0) is 54.8 Å². The van der Waals surface area contributed by atoms with Gasteiger partial charge in [-0.15, -0.1) is 0 Å². The van der Waals surface area contributed by atoms with Crippen LogP contribution in [0.25, 0.3) is 11.1 Å². The highest BCUT2D eigenvalue weighted by molar-refractivity contribution is 5.68. The summed E-state index contributed by atoms with van der Waals surface area (Å²) in [6.45, 7) is 4.32. The zero-order valence-corrected chi connectivity index (χ0v) is 12.7. The molecule has 0 aliphatic heterocycles. The fraction of sp³-hybridized carbons (Fsp3) is 0.333. The number of benzene rings is 2. The van der Waals surface area contributed by atoms with Crippen LogP contribution in [0.1, 0.15) is 30.5 Å². The maximum Gasteiger partial charge on any atom is 0.119 e. The van der Waals surface area contributed by atoms with Crippen LogP contribution in [-0.2, 0) is 0 Å². The van der Waals surface area contributed by atoms with E-state index in [9.17, 15) is 0 Å². The van der Waals surface area contributed by atoms with Crippen LogP contribution >= 0.6 is 0 Å². The number of nitrogens with one attached hydrogen (secondary N) is 1. The molecule has 0 bridgehead atoms. The third kappa shape index (κ3) is 3.02. The van der Waals surface area contributed by atoms with Crippen LogP contribution < -0.4 is 10.1 Å². The Morgan fingerprint density at radius 3 is 2.30 bits per heavy atom. The van der Waals surface area contributed by atoms with Gasteiger partial charge in [0, 0.05) is 6.04 Å². The van der Waals surface area contributed by atoms with Gasteiger partial charge in [0.25, 0.3) is 0 Å². The Hall–Kier alpha value is -1.80. The summed E-state index contributed by atoms with van der Waals surface area (Å²) in [6, 6.07) is 15.5. The zero-order chi connectivity index (χ0) is 14.5. The summed E-state index contributed by atoms with van der Waals surface area (Å²) in [6.07, 6.45) is 1.09. The van der Waals surface area contributed by atoms with Gasteiger partial charge >= 0.3 is 0 Å². The fourth-order valence-electron chi connectivity index (χ4n) is 2.59. The monoisotopic (exact) mass is 269 g/mol. The number of methoxy groups -OCH3 is 1. The molecule has 0 saturated carbocycles. The second-order valence-electron chi connectivity index (χ2n) is 5.05. The highest BCUT2D eigenvalue weighted by atomic mass is 16.5. The SMILES string of the molecule is CCC(NC)c1ccc(-c2ccc(OC)cc2C)cc1. The maximum atomic E-state index is 5.26. The molecule has 0 aliphatic rings. The van der Waals surface area contributed by atoms with Crippen molar-refractivity contribution in [2.45, 2.75) is 26.3 Å². The van der Waals surface area contributed by atoms with Gasteiger partial charge < -0.3 is 10.1 Å². The molecule has 2 aromatic carbocycles. The predicted octanol–water partition coefficient (Wildman–Crippen LogP) is 4.34. The highest BCUT2D eigenvalue weighted by Gasteiger charge is 2.08. The van der Waals surface area contributed by atoms with Crippen molar-refractivity contribution in [1.82, 2.24) is 5.32 Å². The molecule has 1 unspecified atom stereocenters. The summed E-state index contributed by atoms with van der Waals surface area (Å²) < 4.78 is 5.26. The first-order valence-corrected chi connectivity index (χ1v) is 7.11. The van der Waals surface area contributed by atoms with Crippen molar-refractivity contribution >= 4 is 0 Å². The zero-order valence-electron chi connectivity index (χ0n) is 12.7. The van der Waals surface area contributed by atoms with Crippen LogP contribution in [0.4, 0.5) is 0 Å². The van der Waals surface area contributed by atoms with Gasteiger partial charge in [-0.3, -0.25) is 0 Å². The molecule has 106 valence electrons.